The van der Waals surface area contributed by atoms with Crippen molar-refractivity contribution in [1.82, 2.24) is 5.32 Å². The normalized spacial score (nSPS) is 14.7. The van der Waals surface area contributed by atoms with Gasteiger partial charge in [0.25, 0.3) is 0 Å². The van der Waals surface area contributed by atoms with Crippen LogP contribution in [0.4, 0.5) is 5.69 Å². The zero-order chi connectivity index (χ0) is 13.5. The minimum absolute atomic E-state index is 0.693. The highest BCUT2D eigenvalue weighted by Crippen LogP contribution is 2.19. The van der Waals surface area contributed by atoms with Gasteiger partial charge in [-0.2, -0.15) is 0 Å². The molecule has 1 aromatic rings. The summed E-state index contributed by atoms with van der Waals surface area (Å²) >= 11 is 8.70. The van der Waals surface area contributed by atoms with E-state index in [2.05, 4.69) is 32.6 Å². The van der Waals surface area contributed by atoms with Gasteiger partial charge in [0.1, 0.15) is 0 Å². The van der Waals surface area contributed by atoms with Gasteiger partial charge in [0.15, 0.2) is 5.11 Å². The molecule has 1 aromatic carbocycles. The quantitative estimate of drug-likeness (QED) is 0.618. The largest absolute Gasteiger partial charge is 0.362 e. The lowest BCUT2D eigenvalue weighted by Gasteiger charge is -2.14. The van der Waals surface area contributed by atoms with Gasteiger partial charge in [-0.05, 0) is 68.6 Å². The highest BCUT2D eigenvalue weighted by atomic mass is 79.9. The minimum atomic E-state index is 0.693. The van der Waals surface area contributed by atoms with Gasteiger partial charge in [0.2, 0.25) is 0 Å². The van der Waals surface area contributed by atoms with Crippen LogP contribution in [0.1, 0.15) is 32.1 Å². The third kappa shape index (κ3) is 5.33. The first kappa shape index (κ1) is 14.5. The number of thiocarbonyl (C=S) groups is 1. The van der Waals surface area contributed by atoms with Crippen LogP contribution in [0.25, 0.3) is 0 Å². The highest BCUT2D eigenvalue weighted by molar-refractivity contribution is 9.10. The van der Waals surface area contributed by atoms with Gasteiger partial charge in [-0.3, -0.25) is 0 Å². The number of allylic oxidation sites excluding steroid dienone is 1. The summed E-state index contributed by atoms with van der Waals surface area (Å²) in [7, 11) is 0. The molecule has 0 bridgehead atoms. The van der Waals surface area contributed by atoms with E-state index in [0.717, 1.165) is 23.1 Å². The van der Waals surface area contributed by atoms with Crippen LogP contribution >= 0.6 is 28.1 Å². The number of benzene rings is 1. The molecule has 0 heterocycles. The lowest BCUT2D eigenvalue weighted by molar-refractivity contribution is 0.669. The van der Waals surface area contributed by atoms with E-state index < -0.39 is 0 Å². The third-order valence-electron chi connectivity index (χ3n) is 3.22. The molecule has 0 unspecified atom stereocenters. The van der Waals surface area contributed by atoms with Crippen LogP contribution < -0.4 is 10.6 Å². The molecule has 0 radical (unpaired) electrons. The standard InChI is InChI=1S/C15H19BrN2S/c16-13-6-8-14(9-7-13)18-15(19)17-11-10-12-4-2-1-3-5-12/h4,6-9H,1-3,5,10-11H2,(H2,17,18,19). The summed E-state index contributed by atoms with van der Waals surface area (Å²) in [4.78, 5) is 0. The van der Waals surface area contributed by atoms with Crippen LogP contribution in [0.2, 0.25) is 0 Å². The van der Waals surface area contributed by atoms with Crippen molar-refractivity contribution in [2.24, 2.45) is 0 Å². The van der Waals surface area contributed by atoms with E-state index in [-0.39, 0.29) is 0 Å². The van der Waals surface area contributed by atoms with Gasteiger partial charge in [-0.1, -0.05) is 27.6 Å². The molecule has 0 fully saturated rings. The molecular weight excluding hydrogens is 320 g/mol. The topological polar surface area (TPSA) is 24.1 Å². The zero-order valence-corrected chi connectivity index (χ0v) is 13.3. The second-order valence-electron chi connectivity index (χ2n) is 4.75. The molecule has 0 saturated heterocycles. The fraction of sp³-hybridized carbons (Fsp3) is 0.400. The van der Waals surface area contributed by atoms with Crippen molar-refractivity contribution in [2.45, 2.75) is 32.1 Å². The molecular formula is C15H19BrN2S. The predicted octanol–water partition coefficient (Wildman–Crippen LogP) is 4.63. The molecule has 2 N–H and O–H groups in total. The summed E-state index contributed by atoms with van der Waals surface area (Å²) in [5.74, 6) is 0. The van der Waals surface area contributed by atoms with Gasteiger partial charge in [0, 0.05) is 16.7 Å². The van der Waals surface area contributed by atoms with E-state index in [1.807, 2.05) is 24.3 Å². The van der Waals surface area contributed by atoms with Crippen molar-refractivity contribution in [2.75, 3.05) is 11.9 Å². The number of rotatable bonds is 4. The second-order valence-corrected chi connectivity index (χ2v) is 6.07. The maximum atomic E-state index is 5.28. The molecule has 0 saturated carbocycles. The van der Waals surface area contributed by atoms with Gasteiger partial charge < -0.3 is 10.6 Å². The van der Waals surface area contributed by atoms with Crippen molar-refractivity contribution in [3.63, 3.8) is 0 Å². The van der Waals surface area contributed by atoms with Gasteiger partial charge >= 0.3 is 0 Å². The molecule has 1 aliphatic rings. The monoisotopic (exact) mass is 338 g/mol. The van der Waals surface area contributed by atoms with E-state index >= 15 is 0 Å². The van der Waals surface area contributed by atoms with Crippen molar-refractivity contribution in [3.05, 3.63) is 40.4 Å². The minimum Gasteiger partial charge on any atom is -0.362 e. The van der Waals surface area contributed by atoms with E-state index in [9.17, 15) is 0 Å². The number of halogens is 1. The maximum absolute atomic E-state index is 5.28. The van der Waals surface area contributed by atoms with Crippen LogP contribution in [-0.4, -0.2) is 11.7 Å². The summed E-state index contributed by atoms with van der Waals surface area (Å²) < 4.78 is 1.07. The first-order valence-corrected chi connectivity index (χ1v) is 7.92. The molecule has 2 rings (SSSR count). The van der Waals surface area contributed by atoms with Crippen LogP contribution in [0.15, 0.2) is 40.4 Å². The molecule has 2 nitrogen and oxygen atoms in total. The van der Waals surface area contributed by atoms with Gasteiger partial charge in [-0.25, -0.2) is 0 Å². The molecule has 0 aliphatic heterocycles. The zero-order valence-electron chi connectivity index (χ0n) is 10.9. The van der Waals surface area contributed by atoms with Gasteiger partial charge in [-0.15, -0.1) is 0 Å². The number of hydrogen-bond donors (Lipinski definition) is 2. The van der Waals surface area contributed by atoms with Crippen LogP contribution in [0.3, 0.4) is 0 Å². The van der Waals surface area contributed by atoms with Crippen molar-refractivity contribution in [1.29, 1.82) is 0 Å². The van der Waals surface area contributed by atoms with E-state index in [4.69, 9.17) is 12.2 Å². The molecule has 19 heavy (non-hydrogen) atoms. The van der Waals surface area contributed by atoms with Crippen molar-refractivity contribution < 1.29 is 0 Å². The first-order valence-electron chi connectivity index (χ1n) is 6.72. The van der Waals surface area contributed by atoms with Crippen LogP contribution in [-0.2, 0) is 0 Å². The smallest absolute Gasteiger partial charge is 0.170 e. The SMILES string of the molecule is S=C(NCCC1=CCCCC1)Nc1ccc(Br)cc1. The van der Waals surface area contributed by atoms with Crippen LogP contribution in [0, 0.1) is 0 Å². The molecule has 0 atom stereocenters. The third-order valence-corrected chi connectivity index (χ3v) is 3.99. The Labute approximate surface area is 128 Å². The Morgan fingerprint density at radius 3 is 2.68 bits per heavy atom. The Morgan fingerprint density at radius 2 is 2.00 bits per heavy atom. The lowest BCUT2D eigenvalue weighted by Crippen LogP contribution is -2.29. The number of nitrogens with one attached hydrogen (secondary N) is 2. The summed E-state index contributed by atoms with van der Waals surface area (Å²) in [6, 6.07) is 8.00. The fourth-order valence-electron chi connectivity index (χ4n) is 2.18. The number of anilines is 1. The first-order chi connectivity index (χ1) is 9.24. The Hall–Kier alpha value is -0.870. The Morgan fingerprint density at radius 1 is 1.21 bits per heavy atom. The highest BCUT2D eigenvalue weighted by Gasteiger charge is 2.03. The summed E-state index contributed by atoms with van der Waals surface area (Å²) in [5.41, 5.74) is 2.59. The van der Waals surface area contributed by atoms with Gasteiger partial charge in [0.05, 0.1) is 0 Å². The van der Waals surface area contributed by atoms with Crippen molar-refractivity contribution >= 4 is 38.9 Å². The average molecular weight is 339 g/mol. The maximum Gasteiger partial charge on any atom is 0.170 e. The predicted molar refractivity (Wildman–Crippen MR) is 89.5 cm³/mol. The summed E-state index contributed by atoms with van der Waals surface area (Å²) in [6.45, 7) is 0.911. The summed E-state index contributed by atoms with van der Waals surface area (Å²) in [5, 5.41) is 7.14. The number of hydrogen-bond acceptors (Lipinski definition) is 1. The van der Waals surface area contributed by atoms with E-state index in [0.29, 0.717) is 5.11 Å². The molecule has 102 valence electrons. The van der Waals surface area contributed by atoms with E-state index in [1.54, 1.807) is 5.57 Å². The lowest BCUT2D eigenvalue weighted by atomic mass is 9.97. The Balaban J connectivity index is 1.69. The Kier molecular flexibility index (Phi) is 5.86. The van der Waals surface area contributed by atoms with Crippen LogP contribution in [0.5, 0.6) is 0 Å². The molecule has 4 heteroatoms. The Bertz CT molecular complexity index is 454. The molecule has 0 aromatic heterocycles. The van der Waals surface area contributed by atoms with Crippen molar-refractivity contribution in [3.8, 4) is 0 Å². The molecule has 0 amide bonds. The molecule has 0 spiro atoms. The second kappa shape index (κ2) is 7.65. The average Bonchev–Trinajstić information content (AvgIpc) is 2.43. The molecule has 1 aliphatic carbocycles. The summed E-state index contributed by atoms with van der Waals surface area (Å²) in [6.07, 6.45) is 8.68. The fourth-order valence-corrected chi connectivity index (χ4v) is 2.66. The van der Waals surface area contributed by atoms with E-state index in [1.165, 1.54) is 25.7 Å².